The van der Waals surface area contributed by atoms with Gasteiger partial charge in [0.05, 0.1) is 12.8 Å². The van der Waals surface area contributed by atoms with Gasteiger partial charge in [-0.2, -0.15) is 0 Å². The van der Waals surface area contributed by atoms with Gasteiger partial charge >= 0.3 is 11.9 Å². The van der Waals surface area contributed by atoms with E-state index in [0.717, 1.165) is 19.3 Å². The molecule has 0 aromatic rings. The van der Waals surface area contributed by atoms with Crippen LogP contribution in [-0.2, 0) is 19.4 Å². The lowest BCUT2D eigenvalue weighted by molar-refractivity contribution is -0.258. The van der Waals surface area contributed by atoms with Crippen LogP contribution in [0.15, 0.2) is 0 Å². The minimum atomic E-state index is -0.458. The van der Waals surface area contributed by atoms with Crippen molar-refractivity contribution >= 4 is 11.9 Å². The van der Waals surface area contributed by atoms with Crippen molar-refractivity contribution in [3.63, 3.8) is 0 Å². The Hall–Kier alpha value is -1.06. The zero-order chi connectivity index (χ0) is 8.10. The average Bonchev–Trinajstić information content (AvgIpc) is 2.06. The molecule has 0 aliphatic carbocycles. The predicted octanol–water partition coefficient (Wildman–Crippen LogP) is 0.952. The molecule has 4 heteroatoms. The lowest BCUT2D eigenvalue weighted by Gasteiger charge is -1.97. The van der Waals surface area contributed by atoms with Gasteiger partial charge < -0.3 is 0 Å². The van der Waals surface area contributed by atoms with Crippen LogP contribution in [0.3, 0.4) is 0 Å². The summed E-state index contributed by atoms with van der Waals surface area (Å²) in [6.07, 6.45) is 3.11. The summed E-state index contributed by atoms with van der Waals surface area (Å²) in [6, 6.07) is 0. The van der Waals surface area contributed by atoms with Gasteiger partial charge in [-0.1, -0.05) is 6.42 Å². The summed E-state index contributed by atoms with van der Waals surface area (Å²) in [5, 5.41) is 0. The maximum Gasteiger partial charge on any atom is 0.355 e. The molecule has 1 aliphatic heterocycles. The molecule has 0 radical (unpaired) electrons. The molecule has 0 unspecified atom stereocenters. The summed E-state index contributed by atoms with van der Waals surface area (Å²) in [5.41, 5.74) is 0. The third kappa shape index (κ3) is 3.02. The predicted molar refractivity (Wildman–Crippen MR) is 35.3 cm³/mol. The topological polar surface area (TPSA) is 52.6 Å². The number of hydrogen-bond donors (Lipinski definition) is 0. The first-order valence-corrected chi connectivity index (χ1v) is 3.69. The van der Waals surface area contributed by atoms with Crippen molar-refractivity contribution in [2.24, 2.45) is 0 Å². The van der Waals surface area contributed by atoms with E-state index in [1.165, 1.54) is 0 Å². The molecule has 0 spiro atoms. The van der Waals surface area contributed by atoms with Crippen LogP contribution in [0.1, 0.15) is 32.1 Å². The molecule has 62 valence electrons. The second kappa shape index (κ2) is 3.95. The van der Waals surface area contributed by atoms with E-state index < -0.39 is 11.9 Å². The number of rotatable bonds is 0. The van der Waals surface area contributed by atoms with Crippen molar-refractivity contribution in [2.75, 3.05) is 0 Å². The molecular formula is C7H10O4. The molecule has 1 fully saturated rings. The highest BCUT2D eigenvalue weighted by molar-refractivity contribution is 5.73. The van der Waals surface area contributed by atoms with E-state index in [9.17, 15) is 9.59 Å². The Morgan fingerprint density at radius 1 is 0.818 bits per heavy atom. The van der Waals surface area contributed by atoms with E-state index in [1.54, 1.807) is 0 Å². The van der Waals surface area contributed by atoms with Gasteiger partial charge in [0.1, 0.15) is 0 Å². The first-order valence-electron chi connectivity index (χ1n) is 3.69. The Labute approximate surface area is 64.4 Å². The molecule has 0 aromatic heterocycles. The molecule has 11 heavy (non-hydrogen) atoms. The first kappa shape index (κ1) is 8.04. The van der Waals surface area contributed by atoms with Crippen LogP contribution in [0.2, 0.25) is 0 Å². The van der Waals surface area contributed by atoms with Crippen molar-refractivity contribution in [2.45, 2.75) is 32.1 Å². The Morgan fingerprint density at radius 3 is 1.73 bits per heavy atom. The summed E-state index contributed by atoms with van der Waals surface area (Å²) in [7, 11) is 0. The van der Waals surface area contributed by atoms with Crippen LogP contribution < -0.4 is 0 Å². The highest BCUT2D eigenvalue weighted by atomic mass is 17.2. The van der Waals surface area contributed by atoms with Gasteiger partial charge in [0.25, 0.3) is 0 Å². The second-order valence-electron chi connectivity index (χ2n) is 2.47. The molecule has 1 heterocycles. The quantitative estimate of drug-likeness (QED) is 0.492. The van der Waals surface area contributed by atoms with Gasteiger partial charge in [-0.15, -0.1) is 0 Å². The zero-order valence-corrected chi connectivity index (χ0v) is 6.17. The Kier molecular flexibility index (Phi) is 2.89. The monoisotopic (exact) mass is 158 g/mol. The Morgan fingerprint density at radius 2 is 1.27 bits per heavy atom. The Balaban J connectivity index is 2.37. The highest BCUT2D eigenvalue weighted by Gasteiger charge is 2.12. The van der Waals surface area contributed by atoms with Gasteiger partial charge in [0, 0.05) is 0 Å². The summed E-state index contributed by atoms with van der Waals surface area (Å²) in [4.78, 5) is 29.6. The number of hydrogen-bond acceptors (Lipinski definition) is 4. The van der Waals surface area contributed by atoms with Crippen molar-refractivity contribution in [3.8, 4) is 0 Å². The molecular weight excluding hydrogens is 148 g/mol. The second-order valence-corrected chi connectivity index (χ2v) is 2.47. The minimum absolute atomic E-state index is 0.341. The minimum Gasteiger partial charge on any atom is -0.247 e. The first-order chi connectivity index (χ1) is 5.29. The fourth-order valence-corrected chi connectivity index (χ4v) is 0.892. The molecule has 1 rings (SSSR count). The van der Waals surface area contributed by atoms with Gasteiger partial charge in [0.15, 0.2) is 0 Å². The third-order valence-corrected chi connectivity index (χ3v) is 1.49. The largest absolute Gasteiger partial charge is 0.355 e. The number of carbonyl (C=O) groups excluding carboxylic acids is 2. The molecule has 1 saturated heterocycles. The van der Waals surface area contributed by atoms with E-state index >= 15 is 0 Å². The normalized spacial score (nSPS) is 20.7. The third-order valence-electron chi connectivity index (χ3n) is 1.49. The molecule has 0 bridgehead atoms. The maximum atomic E-state index is 10.6. The summed E-state index contributed by atoms with van der Waals surface area (Å²) in [5.74, 6) is -0.916. The van der Waals surface area contributed by atoms with Crippen LogP contribution in [0.4, 0.5) is 0 Å². The lowest BCUT2D eigenvalue weighted by atomic mass is 10.1. The van der Waals surface area contributed by atoms with Crippen LogP contribution in [0.25, 0.3) is 0 Å². The van der Waals surface area contributed by atoms with Gasteiger partial charge in [-0.3, -0.25) is 0 Å². The van der Waals surface area contributed by atoms with Gasteiger partial charge in [-0.25, -0.2) is 19.4 Å². The SMILES string of the molecule is O=C1CCCCCC(=O)OO1. The van der Waals surface area contributed by atoms with Crippen LogP contribution in [0, 0.1) is 0 Å². The number of carbonyl (C=O) groups is 2. The lowest BCUT2D eigenvalue weighted by Crippen LogP contribution is -2.08. The molecule has 0 saturated carbocycles. The molecule has 4 nitrogen and oxygen atoms in total. The molecule has 0 atom stereocenters. The van der Waals surface area contributed by atoms with Crippen LogP contribution in [-0.4, -0.2) is 11.9 Å². The van der Waals surface area contributed by atoms with Crippen LogP contribution >= 0.6 is 0 Å². The highest BCUT2D eigenvalue weighted by Crippen LogP contribution is 2.08. The van der Waals surface area contributed by atoms with Gasteiger partial charge in [-0.05, 0) is 12.8 Å². The van der Waals surface area contributed by atoms with Gasteiger partial charge in [0.2, 0.25) is 0 Å². The van der Waals surface area contributed by atoms with Crippen molar-refractivity contribution in [3.05, 3.63) is 0 Å². The summed E-state index contributed by atoms with van der Waals surface area (Å²) >= 11 is 0. The smallest absolute Gasteiger partial charge is 0.247 e. The molecule has 0 amide bonds. The zero-order valence-electron chi connectivity index (χ0n) is 6.17. The van der Waals surface area contributed by atoms with E-state index in [4.69, 9.17) is 0 Å². The van der Waals surface area contributed by atoms with Crippen LogP contribution in [0.5, 0.6) is 0 Å². The molecule has 1 aliphatic rings. The summed E-state index contributed by atoms with van der Waals surface area (Å²) < 4.78 is 0. The molecule has 0 N–H and O–H groups in total. The van der Waals surface area contributed by atoms with E-state index in [1.807, 2.05) is 0 Å². The standard InChI is InChI=1S/C7H10O4/c8-6-4-2-1-3-5-7(9)11-10-6/h1-5H2. The van der Waals surface area contributed by atoms with Crippen molar-refractivity contribution in [1.29, 1.82) is 0 Å². The summed E-state index contributed by atoms with van der Waals surface area (Å²) in [6.45, 7) is 0. The average molecular weight is 158 g/mol. The maximum absolute atomic E-state index is 10.6. The van der Waals surface area contributed by atoms with E-state index in [-0.39, 0.29) is 0 Å². The van der Waals surface area contributed by atoms with E-state index in [2.05, 4.69) is 9.78 Å². The Bertz CT molecular complexity index is 146. The van der Waals surface area contributed by atoms with E-state index in [0.29, 0.717) is 12.8 Å². The fourth-order valence-electron chi connectivity index (χ4n) is 0.892. The van der Waals surface area contributed by atoms with Crippen molar-refractivity contribution in [1.82, 2.24) is 0 Å². The fraction of sp³-hybridized carbons (Fsp3) is 0.714. The van der Waals surface area contributed by atoms with Crippen molar-refractivity contribution < 1.29 is 19.4 Å². The molecule has 0 aromatic carbocycles.